The molecule has 0 bridgehead atoms. The van der Waals surface area contributed by atoms with Gasteiger partial charge in [0.1, 0.15) is 0 Å². The third-order valence-electron chi connectivity index (χ3n) is 4.51. The summed E-state index contributed by atoms with van der Waals surface area (Å²) in [5, 5.41) is 12.0. The Balaban J connectivity index is 1.82. The molecule has 1 N–H and O–H groups in total. The van der Waals surface area contributed by atoms with Crippen LogP contribution in [0.1, 0.15) is 46.5 Å². The Labute approximate surface area is 186 Å². The molecule has 1 amide bonds. The Kier molecular flexibility index (Phi) is 8.13. The monoisotopic (exact) mass is 440 g/mol. The van der Waals surface area contributed by atoms with Crippen LogP contribution in [0, 0.1) is 20.8 Å². The molecule has 2 aromatic heterocycles. The maximum Gasteiger partial charge on any atom is 0.273 e. The van der Waals surface area contributed by atoms with Gasteiger partial charge in [-0.1, -0.05) is 34.7 Å². The van der Waals surface area contributed by atoms with E-state index in [1.807, 2.05) is 58.0 Å². The first-order valence-electron chi connectivity index (χ1n) is 10.3. The molecule has 8 nitrogen and oxygen atoms in total. The van der Waals surface area contributed by atoms with Crippen molar-refractivity contribution in [1.82, 2.24) is 30.3 Å². The molecule has 0 unspecified atom stereocenters. The van der Waals surface area contributed by atoms with E-state index < -0.39 is 0 Å². The average Bonchev–Trinajstić information content (AvgIpc) is 3.16. The molecule has 0 aliphatic rings. The largest absolute Gasteiger partial charge is 0.382 e. The van der Waals surface area contributed by atoms with E-state index in [-0.39, 0.29) is 5.91 Å². The van der Waals surface area contributed by atoms with Crippen molar-refractivity contribution < 1.29 is 9.53 Å². The van der Waals surface area contributed by atoms with Crippen LogP contribution in [0.3, 0.4) is 0 Å². The molecule has 9 heteroatoms. The summed E-state index contributed by atoms with van der Waals surface area (Å²) >= 11 is 1.46. The first-order valence-corrected chi connectivity index (χ1v) is 11.3. The van der Waals surface area contributed by atoms with Crippen LogP contribution >= 0.6 is 11.8 Å². The van der Waals surface area contributed by atoms with Crippen molar-refractivity contribution in [2.45, 2.75) is 45.0 Å². The lowest BCUT2D eigenvalue weighted by Crippen LogP contribution is -2.26. The Hall–Kier alpha value is -2.78. The van der Waals surface area contributed by atoms with E-state index in [0.717, 1.165) is 29.1 Å². The normalized spacial score (nSPS) is 11.0. The van der Waals surface area contributed by atoms with Gasteiger partial charge in [0.05, 0.1) is 11.4 Å². The van der Waals surface area contributed by atoms with Gasteiger partial charge in [0.15, 0.2) is 10.9 Å². The molecular weight excluding hydrogens is 412 g/mol. The molecule has 0 aliphatic carbocycles. The SMILES string of the molecule is CCOCCCNC(=O)c1nnn(-c2ccc(C)cc2)c1CSc1nc(C)cc(C)n1. The Bertz CT molecular complexity index is 999. The average molecular weight is 441 g/mol. The quantitative estimate of drug-likeness (QED) is 0.293. The highest BCUT2D eigenvalue weighted by Gasteiger charge is 2.21. The summed E-state index contributed by atoms with van der Waals surface area (Å²) in [5.74, 6) is 0.220. The number of aryl methyl sites for hydroxylation is 3. The highest BCUT2D eigenvalue weighted by molar-refractivity contribution is 7.98. The highest BCUT2D eigenvalue weighted by Crippen LogP contribution is 2.24. The van der Waals surface area contributed by atoms with Crippen LogP contribution in [-0.4, -0.2) is 50.6 Å². The molecular formula is C22H28N6O2S. The lowest BCUT2D eigenvalue weighted by Gasteiger charge is -2.09. The fraction of sp³-hybridized carbons (Fsp3) is 0.409. The Morgan fingerprint density at radius 1 is 1.13 bits per heavy atom. The lowest BCUT2D eigenvalue weighted by molar-refractivity contribution is 0.0938. The molecule has 164 valence electrons. The summed E-state index contributed by atoms with van der Waals surface area (Å²) in [6, 6.07) is 9.89. The van der Waals surface area contributed by atoms with E-state index in [1.54, 1.807) is 4.68 Å². The molecule has 0 spiro atoms. The van der Waals surface area contributed by atoms with Gasteiger partial charge < -0.3 is 10.1 Å². The fourth-order valence-electron chi connectivity index (χ4n) is 3.00. The van der Waals surface area contributed by atoms with Crippen molar-refractivity contribution in [3.8, 4) is 5.69 Å². The van der Waals surface area contributed by atoms with Crippen LogP contribution in [-0.2, 0) is 10.5 Å². The van der Waals surface area contributed by atoms with Gasteiger partial charge in [-0.15, -0.1) is 5.10 Å². The number of rotatable bonds is 10. The lowest BCUT2D eigenvalue weighted by atomic mass is 10.2. The van der Waals surface area contributed by atoms with Gasteiger partial charge in [0.25, 0.3) is 5.91 Å². The van der Waals surface area contributed by atoms with E-state index in [0.29, 0.717) is 42.1 Å². The van der Waals surface area contributed by atoms with Crippen molar-refractivity contribution in [2.24, 2.45) is 0 Å². The van der Waals surface area contributed by atoms with Crippen molar-refractivity contribution >= 4 is 17.7 Å². The van der Waals surface area contributed by atoms with Crippen molar-refractivity contribution in [3.63, 3.8) is 0 Å². The molecule has 0 saturated heterocycles. The predicted octanol–water partition coefficient (Wildman–Crippen LogP) is 3.43. The maximum atomic E-state index is 12.8. The smallest absolute Gasteiger partial charge is 0.273 e. The van der Waals surface area contributed by atoms with E-state index in [2.05, 4.69) is 25.6 Å². The molecule has 3 aromatic rings. The number of amides is 1. The summed E-state index contributed by atoms with van der Waals surface area (Å²) in [5.41, 5.74) is 4.84. The maximum absolute atomic E-state index is 12.8. The number of thioether (sulfide) groups is 1. The topological polar surface area (TPSA) is 94.8 Å². The molecule has 0 fully saturated rings. The Morgan fingerprint density at radius 2 is 1.84 bits per heavy atom. The van der Waals surface area contributed by atoms with Gasteiger partial charge in [-0.05, 0) is 52.3 Å². The van der Waals surface area contributed by atoms with Crippen LogP contribution in [0.15, 0.2) is 35.5 Å². The summed E-state index contributed by atoms with van der Waals surface area (Å²) in [6.45, 7) is 9.66. The van der Waals surface area contributed by atoms with Gasteiger partial charge in [0, 0.05) is 36.9 Å². The standard InChI is InChI=1S/C22H28N6O2S/c1-5-30-12-6-11-23-21(29)20-19(14-31-22-24-16(3)13-17(4)25-22)28(27-26-20)18-9-7-15(2)8-10-18/h7-10,13H,5-6,11-12,14H2,1-4H3,(H,23,29). The zero-order chi connectivity index (χ0) is 22.2. The van der Waals surface area contributed by atoms with Gasteiger partial charge in [0.2, 0.25) is 0 Å². The number of aromatic nitrogens is 5. The zero-order valence-corrected chi connectivity index (χ0v) is 19.2. The van der Waals surface area contributed by atoms with Gasteiger partial charge in [-0.2, -0.15) is 0 Å². The number of nitrogens with zero attached hydrogens (tertiary/aromatic N) is 5. The second-order valence-electron chi connectivity index (χ2n) is 7.16. The van der Waals surface area contributed by atoms with Crippen LogP contribution < -0.4 is 5.32 Å². The molecule has 2 heterocycles. The number of nitrogens with one attached hydrogen (secondary N) is 1. The first kappa shape index (κ1) is 22.9. The summed E-state index contributed by atoms with van der Waals surface area (Å²) in [7, 11) is 0. The first-order chi connectivity index (χ1) is 15.0. The van der Waals surface area contributed by atoms with E-state index in [1.165, 1.54) is 11.8 Å². The van der Waals surface area contributed by atoms with Crippen LogP contribution in [0.2, 0.25) is 0 Å². The van der Waals surface area contributed by atoms with Crippen molar-refractivity contribution in [3.05, 3.63) is 58.7 Å². The van der Waals surface area contributed by atoms with Gasteiger partial charge in [-0.3, -0.25) is 4.79 Å². The molecule has 0 atom stereocenters. The van der Waals surface area contributed by atoms with Gasteiger partial charge >= 0.3 is 0 Å². The second-order valence-corrected chi connectivity index (χ2v) is 8.10. The molecule has 3 rings (SSSR count). The summed E-state index contributed by atoms with van der Waals surface area (Å²) in [4.78, 5) is 21.8. The number of benzene rings is 1. The molecule has 1 aromatic carbocycles. The minimum absolute atomic E-state index is 0.244. The van der Waals surface area contributed by atoms with Gasteiger partial charge in [-0.25, -0.2) is 14.6 Å². The van der Waals surface area contributed by atoms with E-state index >= 15 is 0 Å². The number of carbonyl (C=O) groups excluding carboxylic acids is 1. The minimum atomic E-state index is -0.244. The molecule has 0 aliphatic heterocycles. The number of ether oxygens (including phenoxy) is 1. The highest BCUT2D eigenvalue weighted by atomic mass is 32.2. The fourth-order valence-corrected chi connectivity index (χ4v) is 3.94. The second kappa shape index (κ2) is 11.0. The minimum Gasteiger partial charge on any atom is -0.382 e. The van der Waals surface area contributed by atoms with Crippen LogP contribution in [0.4, 0.5) is 0 Å². The molecule has 0 saturated carbocycles. The number of hydrogen-bond acceptors (Lipinski definition) is 7. The predicted molar refractivity (Wildman–Crippen MR) is 121 cm³/mol. The van der Waals surface area contributed by atoms with Crippen molar-refractivity contribution in [1.29, 1.82) is 0 Å². The molecule has 0 radical (unpaired) electrons. The Morgan fingerprint density at radius 3 is 2.52 bits per heavy atom. The summed E-state index contributed by atoms with van der Waals surface area (Å²) < 4.78 is 7.04. The van der Waals surface area contributed by atoms with Crippen molar-refractivity contribution in [2.75, 3.05) is 19.8 Å². The van der Waals surface area contributed by atoms with E-state index in [9.17, 15) is 4.79 Å². The van der Waals surface area contributed by atoms with E-state index in [4.69, 9.17) is 4.74 Å². The molecule has 31 heavy (non-hydrogen) atoms. The third kappa shape index (κ3) is 6.35. The van der Waals surface area contributed by atoms with Crippen LogP contribution in [0.5, 0.6) is 0 Å². The number of carbonyl (C=O) groups is 1. The zero-order valence-electron chi connectivity index (χ0n) is 18.4. The third-order valence-corrected chi connectivity index (χ3v) is 5.37. The number of hydrogen-bond donors (Lipinski definition) is 1. The van der Waals surface area contributed by atoms with Crippen LogP contribution in [0.25, 0.3) is 5.69 Å². The summed E-state index contributed by atoms with van der Waals surface area (Å²) in [6.07, 6.45) is 0.742.